The van der Waals surface area contributed by atoms with Crippen LogP contribution in [0.5, 0.6) is 0 Å². The molecule has 4 heteroatoms. The standard InChI is InChI=1S/C18H23NO3/c1-3-4-5-10-17(20)15(18(21)22-2)11-13-12-19-16-9-7-6-8-14(13)16/h6-9,12,15,19H,3-5,10-11H2,1-2H3. The van der Waals surface area contributed by atoms with E-state index in [0.29, 0.717) is 12.8 Å². The highest BCUT2D eigenvalue weighted by atomic mass is 16.5. The third-order valence-corrected chi connectivity index (χ3v) is 4.00. The summed E-state index contributed by atoms with van der Waals surface area (Å²) < 4.78 is 4.83. The lowest BCUT2D eigenvalue weighted by Crippen LogP contribution is -2.27. The van der Waals surface area contributed by atoms with Crippen LogP contribution in [0.25, 0.3) is 10.9 Å². The molecule has 2 rings (SSSR count). The van der Waals surface area contributed by atoms with Crippen LogP contribution in [0.3, 0.4) is 0 Å². The number of esters is 1. The zero-order chi connectivity index (χ0) is 15.9. The summed E-state index contributed by atoms with van der Waals surface area (Å²) >= 11 is 0. The van der Waals surface area contributed by atoms with Crippen molar-refractivity contribution in [3.63, 3.8) is 0 Å². The summed E-state index contributed by atoms with van der Waals surface area (Å²) in [6.45, 7) is 2.09. The molecule has 0 saturated carbocycles. The van der Waals surface area contributed by atoms with Crippen molar-refractivity contribution in [1.29, 1.82) is 0 Å². The molecule has 1 aromatic heterocycles. The monoisotopic (exact) mass is 301 g/mol. The van der Waals surface area contributed by atoms with Crippen molar-refractivity contribution in [3.05, 3.63) is 36.0 Å². The molecule has 0 bridgehead atoms. The zero-order valence-electron chi connectivity index (χ0n) is 13.2. The Bertz CT molecular complexity index is 645. The third-order valence-electron chi connectivity index (χ3n) is 4.00. The molecule has 1 heterocycles. The molecular weight excluding hydrogens is 278 g/mol. The number of nitrogens with one attached hydrogen (secondary N) is 1. The summed E-state index contributed by atoms with van der Waals surface area (Å²) in [4.78, 5) is 27.5. The molecule has 22 heavy (non-hydrogen) atoms. The van der Waals surface area contributed by atoms with E-state index in [1.807, 2.05) is 30.5 Å². The average molecular weight is 301 g/mol. The second-order valence-corrected chi connectivity index (χ2v) is 5.56. The number of carbonyl (C=O) groups is 2. The summed E-state index contributed by atoms with van der Waals surface area (Å²) in [5, 5.41) is 1.05. The first-order valence-corrected chi connectivity index (χ1v) is 7.83. The van der Waals surface area contributed by atoms with Gasteiger partial charge in [0.2, 0.25) is 0 Å². The van der Waals surface area contributed by atoms with Gasteiger partial charge in [0.25, 0.3) is 0 Å². The first-order valence-electron chi connectivity index (χ1n) is 7.83. The van der Waals surface area contributed by atoms with Crippen LogP contribution in [0.4, 0.5) is 0 Å². The van der Waals surface area contributed by atoms with Gasteiger partial charge < -0.3 is 9.72 Å². The number of unbranched alkanes of at least 4 members (excludes halogenated alkanes) is 2. The lowest BCUT2D eigenvalue weighted by molar-refractivity contribution is -0.149. The van der Waals surface area contributed by atoms with E-state index in [2.05, 4.69) is 11.9 Å². The third kappa shape index (κ3) is 3.75. The van der Waals surface area contributed by atoms with E-state index in [0.717, 1.165) is 35.7 Å². The molecule has 0 radical (unpaired) electrons. The molecule has 0 saturated heterocycles. The Balaban J connectivity index is 2.16. The minimum atomic E-state index is -0.707. The molecule has 4 nitrogen and oxygen atoms in total. The lowest BCUT2D eigenvalue weighted by Gasteiger charge is -2.13. The number of H-pyrrole nitrogens is 1. The van der Waals surface area contributed by atoms with Crippen LogP contribution in [-0.2, 0) is 20.7 Å². The van der Waals surface area contributed by atoms with Gasteiger partial charge in [0.05, 0.1) is 7.11 Å². The fourth-order valence-electron chi connectivity index (χ4n) is 2.71. The number of benzene rings is 1. The van der Waals surface area contributed by atoms with E-state index in [4.69, 9.17) is 4.74 Å². The van der Waals surface area contributed by atoms with Crippen molar-refractivity contribution in [1.82, 2.24) is 4.98 Å². The predicted octanol–water partition coefficient (Wildman–Crippen LogP) is 3.65. The quantitative estimate of drug-likeness (QED) is 0.460. The van der Waals surface area contributed by atoms with E-state index in [-0.39, 0.29) is 5.78 Å². The smallest absolute Gasteiger partial charge is 0.316 e. The van der Waals surface area contributed by atoms with Crippen LogP contribution >= 0.6 is 0 Å². The molecule has 0 spiro atoms. The summed E-state index contributed by atoms with van der Waals surface area (Å²) in [6.07, 6.45) is 5.60. The van der Waals surface area contributed by atoms with E-state index in [9.17, 15) is 9.59 Å². The molecule has 2 aromatic rings. The Morgan fingerprint density at radius 2 is 2.00 bits per heavy atom. The van der Waals surface area contributed by atoms with Gasteiger partial charge in [-0.25, -0.2) is 0 Å². The number of carbonyl (C=O) groups excluding carboxylic acids is 2. The van der Waals surface area contributed by atoms with E-state index in [1.165, 1.54) is 7.11 Å². The van der Waals surface area contributed by atoms with Gasteiger partial charge in [0.15, 0.2) is 0 Å². The molecule has 1 unspecified atom stereocenters. The number of aromatic nitrogens is 1. The Kier molecular flexibility index (Phi) is 5.75. The summed E-state index contributed by atoms with van der Waals surface area (Å²) in [5.41, 5.74) is 1.99. The van der Waals surface area contributed by atoms with Crippen LogP contribution in [-0.4, -0.2) is 23.8 Å². The first-order chi connectivity index (χ1) is 10.7. The maximum absolute atomic E-state index is 12.4. The summed E-state index contributed by atoms with van der Waals surface area (Å²) in [6, 6.07) is 7.89. The van der Waals surface area contributed by atoms with Crippen molar-refractivity contribution in [2.45, 2.75) is 39.0 Å². The molecule has 1 atom stereocenters. The van der Waals surface area contributed by atoms with Gasteiger partial charge in [-0.2, -0.15) is 0 Å². The maximum Gasteiger partial charge on any atom is 0.316 e. The van der Waals surface area contributed by atoms with Gasteiger partial charge in [-0.3, -0.25) is 9.59 Å². The number of ether oxygens (including phenoxy) is 1. The number of fused-ring (bicyclic) bond motifs is 1. The number of hydrogen-bond acceptors (Lipinski definition) is 3. The minimum absolute atomic E-state index is 0.0226. The molecule has 1 N–H and O–H groups in total. The lowest BCUT2D eigenvalue weighted by atomic mass is 9.92. The molecule has 0 aliphatic carbocycles. The Morgan fingerprint density at radius 3 is 2.73 bits per heavy atom. The fraction of sp³-hybridized carbons (Fsp3) is 0.444. The van der Waals surface area contributed by atoms with Crippen LogP contribution in [0.2, 0.25) is 0 Å². The van der Waals surface area contributed by atoms with Crippen molar-refractivity contribution < 1.29 is 14.3 Å². The molecule has 118 valence electrons. The molecule has 1 aromatic carbocycles. The van der Waals surface area contributed by atoms with Crippen molar-refractivity contribution >= 4 is 22.7 Å². The number of hydrogen-bond donors (Lipinski definition) is 1. The van der Waals surface area contributed by atoms with Crippen molar-refractivity contribution in [2.24, 2.45) is 5.92 Å². The fourth-order valence-corrected chi connectivity index (χ4v) is 2.71. The summed E-state index contributed by atoms with van der Waals surface area (Å²) in [7, 11) is 1.34. The van der Waals surface area contributed by atoms with Crippen LogP contribution in [0, 0.1) is 5.92 Å². The zero-order valence-corrected chi connectivity index (χ0v) is 13.2. The number of rotatable bonds is 8. The average Bonchev–Trinajstić information content (AvgIpc) is 2.95. The van der Waals surface area contributed by atoms with Gasteiger partial charge in [-0.1, -0.05) is 38.0 Å². The van der Waals surface area contributed by atoms with Crippen LogP contribution in [0.1, 0.15) is 38.2 Å². The highest BCUT2D eigenvalue weighted by Gasteiger charge is 2.28. The molecule has 0 aliphatic heterocycles. The van der Waals surface area contributed by atoms with Gasteiger partial charge in [0, 0.05) is 23.5 Å². The maximum atomic E-state index is 12.4. The highest BCUT2D eigenvalue weighted by molar-refractivity contribution is 5.99. The van der Waals surface area contributed by atoms with Crippen LogP contribution < -0.4 is 0 Å². The van der Waals surface area contributed by atoms with Crippen molar-refractivity contribution in [3.8, 4) is 0 Å². The normalized spacial score (nSPS) is 12.3. The number of methoxy groups -OCH3 is 1. The van der Waals surface area contributed by atoms with Crippen molar-refractivity contribution in [2.75, 3.05) is 7.11 Å². The Morgan fingerprint density at radius 1 is 1.23 bits per heavy atom. The molecule has 0 fully saturated rings. The van der Waals surface area contributed by atoms with Gasteiger partial charge in [-0.15, -0.1) is 0 Å². The first kappa shape index (κ1) is 16.3. The highest BCUT2D eigenvalue weighted by Crippen LogP contribution is 2.22. The Hall–Kier alpha value is -2.10. The van der Waals surface area contributed by atoms with E-state index < -0.39 is 11.9 Å². The molecular formula is C18H23NO3. The largest absolute Gasteiger partial charge is 0.468 e. The topological polar surface area (TPSA) is 59.2 Å². The second-order valence-electron chi connectivity index (χ2n) is 5.56. The molecule has 0 aliphatic rings. The number of aromatic amines is 1. The van der Waals surface area contributed by atoms with Gasteiger partial charge in [-0.05, 0) is 24.5 Å². The minimum Gasteiger partial charge on any atom is -0.468 e. The Labute approximate surface area is 130 Å². The van der Waals surface area contributed by atoms with Gasteiger partial charge in [0.1, 0.15) is 11.7 Å². The molecule has 0 amide bonds. The van der Waals surface area contributed by atoms with Gasteiger partial charge >= 0.3 is 5.97 Å². The van der Waals surface area contributed by atoms with Crippen LogP contribution in [0.15, 0.2) is 30.5 Å². The number of ketones is 1. The predicted molar refractivity (Wildman–Crippen MR) is 86.7 cm³/mol. The SMILES string of the molecule is CCCCCC(=O)C(Cc1c[nH]c2ccccc12)C(=O)OC. The van der Waals surface area contributed by atoms with E-state index >= 15 is 0 Å². The van der Waals surface area contributed by atoms with E-state index in [1.54, 1.807) is 0 Å². The summed E-state index contributed by atoms with van der Waals surface area (Å²) in [5.74, 6) is -1.17. The second kappa shape index (κ2) is 7.78. The number of para-hydroxylation sites is 1. The number of Topliss-reactive ketones (excluding diaryl/α,β-unsaturated/α-hetero) is 1.